The SMILES string of the molecule is CSc1nc(N)nc2c1CSCC2. The van der Waals surface area contributed by atoms with Crippen molar-refractivity contribution < 1.29 is 0 Å². The van der Waals surface area contributed by atoms with Crippen LogP contribution in [0.1, 0.15) is 11.3 Å². The molecule has 0 aliphatic carbocycles. The lowest BCUT2D eigenvalue weighted by Gasteiger charge is -2.16. The van der Waals surface area contributed by atoms with Gasteiger partial charge in [0.2, 0.25) is 5.95 Å². The van der Waals surface area contributed by atoms with E-state index in [-0.39, 0.29) is 0 Å². The molecule has 2 heterocycles. The molecule has 1 aliphatic heterocycles. The van der Waals surface area contributed by atoms with Crippen LogP contribution in [0.3, 0.4) is 0 Å². The Labute approximate surface area is 85.9 Å². The van der Waals surface area contributed by atoms with Crippen LogP contribution in [0.2, 0.25) is 0 Å². The van der Waals surface area contributed by atoms with Gasteiger partial charge in [0, 0.05) is 11.3 Å². The van der Waals surface area contributed by atoms with Gasteiger partial charge in [-0.15, -0.1) is 11.8 Å². The Balaban J connectivity index is 2.50. The van der Waals surface area contributed by atoms with Crippen LogP contribution in [-0.4, -0.2) is 22.0 Å². The van der Waals surface area contributed by atoms with Gasteiger partial charge in [-0.25, -0.2) is 9.97 Å². The van der Waals surface area contributed by atoms with E-state index < -0.39 is 0 Å². The van der Waals surface area contributed by atoms with Crippen molar-refractivity contribution in [1.29, 1.82) is 0 Å². The second-order valence-corrected chi connectivity index (χ2v) is 4.72. The van der Waals surface area contributed by atoms with Crippen molar-refractivity contribution in [2.24, 2.45) is 0 Å². The minimum absolute atomic E-state index is 0.412. The Morgan fingerprint density at radius 2 is 2.31 bits per heavy atom. The lowest BCUT2D eigenvalue weighted by atomic mass is 10.2. The summed E-state index contributed by atoms with van der Waals surface area (Å²) in [6.45, 7) is 0. The van der Waals surface area contributed by atoms with E-state index in [1.54, 1.807) is 11.8 Å². The normalized spacial score (nSPS) is 15.5. The molecule has 0 aromatic carbocycles. The third-order valence-corrected chi connectivity index (χ3v) is 3.71. The van der Waals surface area contributed by atoms with Crippen molar-refractivity contribution >= 4 is 29.5 Å². The molecule has 70 valence electrons. The van der Waals surface area contributed by atoms with Gasteiger partial charge in [-0.3, -0.25) is 0 Å². The molecule has 1 aromatic rings. The van der Waals surface area contributed by atoms with E-state index in [4.69, 9.17) is 5.73 Å². The molecule has 0 saturated heterocycles. The number of hydrogen-bond acceptors (Lipinski definition) is 5. The van der Waals surface area contributed by atoms with Crippen LogP contribution in [0.5, 0.6) is 0 Å². The maximum atomic E-state index is 5.62. The van der Waals surface area contributed by atoms with Crippen LogP contribution < -0.4 is 5.73 Å². The fourth-order valence-corrected chi connectivity index (χ4v) is 3.09. The summed E-state index contributed by atoms with van der Waals surface area (Å²) in [5.74, 6) is 2.60. The summed E-state index contributed by atoms with van der Waals surface area (Å²) in [7, 11) is 0. The number of aryl methyl sites for hydroxylation is 1. The van der Waals surface area contributed by atoms with Crippen molar-refractivity contribution in [2.75, 3.05) is 17.7 Å². The number of nitrogens with two attached hydrogens (primary N) is 1. The molecule has 0 atom stereocenters. The predicted octanol–water partition coefficient (Wildman–Crippen LogP) is 1.57. The minimum Gasteiger partial charge on any atom is -0.368 e. The van der Waals surface area contributed by atoms with Crippen LogP contribution in [0.25, 0.3) is 0 Å². The first-order valence-corrected chi connectivity index (χ1v) is 6.46. The quantitative estimate of drug-likeness (QED) is 0.567. The van der Waals surface area contributed by atoms with E-state index in [0.717, 1.165) is 28.6 Å². The van der Waals surface area contributed by atoms with Gasteiger partial charge in [0.25, 0.3) is 0 Å². The highest BCUT2D eigenvalue weighted by molar-refractivity contribution is 7.99. The van der Waals surface area contributed by atoms with Gasteiger partial charge in [0.05, 0.1) is 5.69 Å². The zero-order valence-electron chi connectivity index (χ0n) is 7.41. The molecule has 0 spiro atoms. The topological polar surface area (TPSA) is 51.8 Å². The second kappa shape index (κ2) is 3.75. The highest BCUT2D eigenvalue weighted by Crippen LogP contribution is 2.30. The zero-order chi connectivity index (χ0) is 9.26. The Hall–Kier alpha value is -0.420. The van der Waals surface area contributed by atoms with Gasteiger partial charge in [-0.1, -0.05) is 0 Å². The molecule has 2 N–H and O–H groups in total. The first kappa shape index (κ1) is 9.15. The van der Waals surface area contributed by atoms with E-state index >= 15 is 0 Å². The van der Waals surface area contributed by atoms with Crippen LogP contribution >= 0.6 is 23.5 Å². The van der Waals surface area contributed by atoms with E-state index in [0.29, 0.717) is 5.95 Å². The summed E-state index contributed by atoms with van der Waals surface area (Å²) in [6.07, 6.45) is 3.06. The Kier molecular flexibility index (Phi) is 2.64. The molecule has 2 rings (SSSR count). The molecule has 0 amide bonds. The number of anilines is 1. The van der Waals surface area contributed by atoms with Gasteiger partial charge in [0.1, 0.15) is 5.03 Å². The van der Waals surface area contributed by atoms with Crippen molar-refractivity contribution in [3.05, 3.63) is 11.3 Å². The fourth-order valence-electron chi connectivity index (χ4n) is 1.39. The maximum absolute atomic E-state index is 5.62. The average Bonchev–Trinajstić information content (AvgIpc) is 2.16. The summed E-state index contributed by atoms with van der Waals surface area (Å²) < 4.78 is 0. The van der Waals surface area contributed by atoms with Gasteiger partial charge in [-0.2, -0.15) is 11.8 Å². The molecule has 1 aliphatic rings. The van der Waals surface area contributed by atoms with Crippen LogP contribution in [0, 0.1) is 0 Å². The summed E-state index contributed by atoms with van der Waals surface area (Å²) >= 11 is 3.59. The largest absolute Gasteiger partial charge is 0.368 e. The Bertz CT molecular complexity index is 310. The monoisotopic (exact) mass is 213 g/mol. The number of rotatable bonds is 1. The van der Waals surface area contributed by atoms with E-state index in [1.165, 1.54) is 5.56 Å². The summed E-state index contributed by atoms with van der Waals surface area (Å²) in [6, 6.07) is 0. The van der Waals surface area contributed by atoms with E-state index in [2.05, 4.69) is 9.97 Å². The first-order valence-electron chi connectivity index (χ1n) is 4.08. The summed E-state index contributed by atoms with van der Waals surface area (Å²) in [4.78, 5) is 8.48. The van der Waals surface area contributed by atoms with Crippen LogP contribution in [0.15, 0.2) is 5.03 Å². The minimum atomic E-state index is 0.412. The van der Waals surface area contributed by atoms with Crippen molar-refractivity contribution in [2.45, 2.75) is 17.2 Å². The number of thioether (sulfide) groups is 2. The van der Waals surface area contributed by atoms with E-state index in [1.807, 2.05) is 18.0 Å². The molecule has 5 heteroatoms. The van der Waals surface area contributed by atoms with Crippen LogP contribution in [-0.2, 0) is 12.2 Å². The highest BCUT2D eigenvalue weighted by Gasteiger charge is 2.16. The molecule has 0 radical (unpaired) electrons. The van der Waals surface area contributed by atoms with Crippen molar-refractivity contribution in [3.8, 4) is 0 Å². The Morgan fingerprint density at radius 1 is 1.46 bits per heavy atom. The number of nitrogen functional groups attached to an aromatic ring is 1. The lowest BCUT2D eigenvalue weighted by molar-refractivity contribution is 0.906. The number of aromatic nitrogens is 2. The molecule has 0 unspecified atom stereocenters. The molecule has 1 aromatic heterocycles. The molecule has 0 bridgehead atoms. The standard InChI is InChI=1S/C8H11N3S2/c1-12-7-5-4-13-3-2-6(5)10-8(9)11-7/h2-4H2,1H3,(H2,9,10,11). The number of hydrogen-bond donors (Lipinski definition) is 1. The fraction of sp³-hybridized carbons (Fsp3) is 0.500. The molecule has 0 saturated carbocycles. The summed E-state index contributed by atoms with van der Waals surface area (Å²) in [5, 5.41) is 1.05. The maximum Gasteiger partial charge on any atom is 0.221 e. The molecule has 3 nitrogen and oxygen atoms in total. The third-order valence-electron chi connectivity index (χ3n) is 2.00. The summed E-state index contributed by atoms with van der Waals surface area (Å²) in [5.41, 5.74) is 8.05. The Morgan fingerprint density at radius 3 is 3.08 bits per heavy atom. The van der Waals surface area contributed by atoms with E-state index in [9.17, 15) is 0 Å². The highest BCUT2D eigenvalue weighted by atomic mass is 32.2. The molecular formula is C8H11N3S2. The number of nitrogens with zero attached hydrogens (tertiary/aromatic N) is 2. The number of fused-ring (bicyclic) bond motifs is 1. The predicted molar refractivity (Wildman–Crippen MR) is 58.1 cm³/mol. The van der Waals surface area contributed by atoms with Gasteiger partial charge >= 0.3 is 0 Å². The molecular weight excluding hydrogens is 202 g/mol. The molecule has 13 heavy (non-hydrogen) atoms. The van der Waals surface area contributed by atoms with Gasteiger partial charge in [0.15, 0.2) is 0 Å². The smallest absolute Gasteiger partial charge is 0.221 e. The zero-order valence-corrected chi connectivity index (χ0v) is 9.04. The van der Waals surface area contributed by atoms with Gasteiger partial charge in [-0.05, 0) is 18.4 Å². The first-order chi connectivity index (χ1) is 6.31. The third kappa shape index (κ3) is 1.76. The van der Waals surface area contributed by atoms with Crippen molar-refractivity contribution in [1.82, 2.24) is 9.97 Å². The molecule has 0 fully saturated rings. The lowest BCUT2D eigenvalue weighted by Crippen LogP contribution is -2.10. The van der Waals surface area contributed by atoms with Crippen LogP contribution in [0.4, 0.5) is 5.95 Å². The van der Waals surface area contributed by atoms with Gasteiger partial charge < -0.3 is 5.73 Å². The average molecular weight is 213 g/mol. The van der Waals surface area contributed by atoms with Crippen molar-refractivity contribution in [3.63, 3.8) is 0 Å². The second-order valence-electron chi connectivity index (χ2n) is 2.82.